The van der Waals surface area contributed by atoms with Gasteiger partial charge in [0, 0.05) is 0 Å². The first-order valence-electron chi connectivity index (χ1n) is 9.33. The molecular formula is C19H42BrN. The summed E-state index contributed by atoms with van der Waals surface area (Å²) in [6.07, 6.45) is 18.6. The van der Waals surface area contributed by atoms with Gasteiger partial charge < -0.3 is 21.5 Å². The van der Waals surface area contributed by atoms with Crippen molar-refractivity contribution >= 4 is 0 Å². The predicted octanol–water partition coefficient (Wildman–Crippen LogP) is 3.18. The molecule has 0 fully saturated rings. The highest BCUT2D eigenvalue weighted by atomic mass is 79.9. The Morgan fingerprint density at radius 2 is 0.905 bits per heavy atom. The molecule has 130 valence electrons. The molecule has 0 rings (SSSR count). The minimum absolute atomic E-state index is 0. The van der Waals surface area contributed by atoms with Crippen LogP contribution in [0.25, 0.3) is 0 Å². The number of rotatable bonds is 14. The first-order chi connectivity index (χ1) is 9.52. The second-order valence-corrected chi connectivity index (χ2v) is 7.53. The van der Waals surface area contributed by atoms with Crippen LogP contribution < -0.4 is 17.0 Å². The Bertz CT molecular complexity index is 198. The van der Waals surface area contributed by atoms with Crippen molar-refractivity contribution in [2.75, 3.05) is 21.1 Å². The fourth-order valence-electron chi connectivity index (χ4n) is 3.06. The Morgan fingerprint density at radius 1 is 0.571 bits per heavy atom. The van der Waals surface area contributed by atoms with Gasteiger partial charge in [-0.25, -0.2) is 0 Å². The van der Waals surface area contributed by atoms with Gasteiger partial charge in [-0.15, -0.1) is 0 Å². The van der Waals surface area contributed by atoms with E-state index >= 15 is 0 Å². The molecule has 0 amide bonds. The second kappa shape index (κ2) is 15.3. The van der Waals surface area contributed by atoms with Crippen molar-refractivity contribution in [2.45, 2.75) is 103 Å². The number of hydrogen-bond donors (Lipinski definition) is 0. The average molecular weight is 364 g/mol. The molecule has 0 aliphatic rings. The van der Waals surface area contributed by atoms with Crippen molar-refractivity contribution in [3.63, 3.8) is 0 Å². The third kappa shape index (κ3) is 15.1. The number of unbranched alkanes of at least 4 members (excludes halogenated alkanes) is 9. The molecule has 0 aliphatic heterocycles. The van der Waals surface area contributed by atoms with Crippen molar-refractivity contribution in [1.82, 2.24) is 0 Å². The van der Waals surface area contributed by atoms with Gasteiger partial charge in [0.1, 0.15) is 0 Å². The standard InChI is InChI=1S/C19H42N.BrH/c1-6-8-10-12-13-14-16-18-19(20(3,4)5)17-15-11-9-7-2;/h19H,6-18H2,1-5H3;1H/q+1;/p-1. The lowest BCUT2D eigenvalue weighted by molar-refractivity contribution is -0.896. The van der Waals surface area contributed by atoms with Gasteiger partial charge in [0.2, 0.25) is 0 Å². The Morgan fingerprint density at radius 3 is 1.29 bits per heavy atom. The van der Waals surface area contributed by atoms with Crippen LogP contribution in [-0.2, 0) is 0 Å². The van der Waals surface area contributed by atoms with E-state index in [-0.39, 0.29) is 17.0 Å². The average Bonchev–Trinajstić information content (AvgIpc) is 2.38. The van der Waals surface area contributed by atoms with E-state index in [1.807, 2.05) is 0 Å². The maximum Gasteiger partial charge on any atom is 0.0884 e. The SMILES string of the molecule is CCCCCCCCCC(CCCCCC)[N+](C)(C)C.[Br-]. The summed E-state index contributed by atoms with van der Waals surface area (Å²) < 4.78 is 1.15. The zero-order chi connectivity index (χ0) is 15.3. The highest BCUT2D eigenvalue weighted by Gasteiger charge is 2.22. The van der Waals surface area contributed by atoms with E-state index in [0.29, 0.717) is 0 Å². The Balaban J connectivity index is 0. The largest absolute Gasteiger partial charge is 1.00 e. The predicted molar refractivity (Wildman–Crippen MR) is 93.2 cm³/mol. The third-order valence-electron chi connectivity index (χ3n) is 4.63. The molecule has 0 spiro atoms. The zero-order valence-electron chi connectivity index (χ0n) is 15.6. The lowest BCUT2D eigenvalue weighted by atomic mass is 9.98. The molecule has 1 unspecified atom stereocenters. The molecule has 21 heavy (non-hydrogen) atoms. The zero-order valence-corrected chi connectivity index (χ0v) is 17.2. The highest BCUT2D eigenvalue weighted by Crippen LogP contribution is 2.20. The molecule has 0 aliphatic carbocycles. The molecular weight excluding hydrogens is 322 g/mol. The Kier molecular flexibility index (Phi) is 17.3. The van der Waals surface area contributed by atoms with E-state index < -0.39 is 0 Å². The summed E-state index contributed by atoms with van der Waals surface area (Å²) in [4.78, 5) is 0. The maximum absolute atomic E-state index is 2.38. The molecule has 0 radical (unpaired) electrons. The fraction of sp³-hybridized carbons (Fsp3) is 1.00. The van der Waals surface area contributed by atoms with Crippen molar-refractivity contribution in [3.05, 3.63) is 0 Å². The molecule has 1 nitrogen and oxygen atoms in total. The molecule has 1 atom stereocenters. The van der Waals surface area contributed by atoms with Gasteiger partial charge in [0.05, 0.1) is 27.2 Å². The first-order valence-corrected chi connectivity index (χ1v) is 9.33. The Labute approximate surface area is 146 Å². The maximum atomic E-state index is 2.38. The Hall–Kier alpha value is 0.440. The van der Waals surface area contributed by atoms with Crippen LogP contribution in [0.2, 0.25) is 0 Å². The minimum Gasteiger partial charge on any atom is -1.00 e. The van der Waals surface area contributed by atoms with Crippen molar-refractivity contribution in [2.24, 2.45) is 0 Å². The first kappa shape index (κ1) is 23.7. The van der Waals surface area contributed by atoms with Gasteiger partial charge in [0.15, 0.2) is 0 Å². The van der Waals surface area contributed by atoms with E-state index in [0.717, 1.165) is 10.5 Å². The van der Waals surface area contributed by atoms with Gasteiger partial charge in [0.25, 0.3) is 0 Å². The highest BCUT2D eigenvalue weighted by molar-refractivity contribution is 4.60. The van der Waals surface area contributed by atoms with Crippen molar-refractivity contribution < 1.29 is 21.5 Å². The van der Waals surface area contributed by atoms with Crippen LogP contribution in [0.4, 0.5) is 0 Å². The fourth-order valence-corrected chi connectivity index (χ4v) is 3.06. The van der Waals surface area contributed by atoms with Gasteiger partial charge in [-0.05, 0) is 25.7 Å². The molecule has 0 aromatic rings. The van der Waals surface area contributed by atoms with E-state index in [4.69, 9.17) is 0 Å². The summed E-state index contributed by atoms with van der Waals surface area (Å²) in [6.45, 7) is 4.60. The van der Waals surface area contributed by atoms with Crippen LogP contribution in [0.5, 0.6) is 0 Å². The van der Waals surface area contributed by atoms with E-state index in [1.165, 1.54) is 83.5 Å². The topological polar surface area (TPSA) is 0 Å². The summed E-state index contributed by atoms with van der Waals surface area (Å²) >= 11 is 0. The van der Waals surface area contributed by atoms with Gasteiger partial charge in [-0.1, -0.05) is 71.6 Å². The van der Waals surface area contributed by atoms with Crippen LogP contribution in [0, 0.1) is 0 Å². The van der Waals surface area contributed by atoms with Crippen LogP contribution in [0.1, 0.15) is 97.3 Å². The molecule has 0 aromatic heterocycles. The normalized spacial score (nSPS) is 13.0. The lowest BCUT2D eigenvalue weighted by Crippen LogP contribution is -3.00. The van der Waals surface area contributed by atoms with E-state index in [9.17, 15) is 0 Å². The van der Waals surface area contributed by atoms with Crippen molar-refractivity contribution in [1.29, 1.82) is 0 Å². The van der Waals surface area contributed by atoms with Crippen molar-refractivity contribution in [3.8, 4) is 0 Å². The summed E-state index contributed by atoms with van der Waals surface area (Å²) in [5.74, 6) is 0. The van der Waals surface area contributed by atoms with E-state index in [2.05, 4.69) is 35.0 Å². The van der Waals surface area contributed by atoms with Crippen LogP contribution in [0.15, 0.2) is 0 Å². The van der Waals surface area contributed by atoms with E-state index in [1.54, 1.807) is 0 Å². The summed E-state index contributed by atoms with van der Waals surface area (Å²) in [7, 11) is 7.14. The summed E-state index contributed by atoms with van der Waals surface area (Å²) in [5.41, 5.74) is 0. The van der Waals surface area contributed by atoms with Gasteiger partial charge in [-0.2, -0.15) is 0 Å². The molecule has 2 heteroatoms. The molecule has 0 aromatic carbocycles. The molecule has 0 saturated carbocycles. The molecule has 0 N–H and O–H groups in total. The smallest absolute Gasteiger partial charge is 0.0884 e. The monoisotopic (exact) mass is 363 g/mol. The number of quaternary nitrogens is 1. The number of nitrogens with zero attached hydrogens (tertiary/aromatic N) is 1. The van der Waals surface area contributed by atoms with Gasteiger partial charge in [-0.3, -0.25) is 0 Å². The summed E-state index contributed by atoms with van der Waals surface area (Å²) in [5, 5.41) is 0. The van der Waals surface area contributed by atoms with Crippen LogP contribution in [0.3, 0.4) is 0 Å². The van der Waals surface area contributed by atoms with Crippen LogP contribution >= 0.6 is 0 Å². The lowest BCUT2D eigenvalue weighted by Gasteiger charge is -2.34. The molecule has 0 bridgehead atoms. The quantitative estimate of drug-likeness (QED) is 0.328. The number of hydrogen-bond acceptors (Lipinski definition) is 0. The molecule has 0 saturated heterocycles. The molecule has 0 heterocycles. The summed E-state index contributed by atoms with van der Waals surface area (Å²) in [6, 6.07) is 0.877. The second-order valence-electron chi connectivity index (χ2n) is 7.53. The van der Waals surface area contributed by atoms with Gasteiger partial charge >= 0.3 is 0 Å². The third-order valence-corrected chi connectivity index (χ3v) is 4.63. The van der Waals surface area contributed by atoms with Crippen LogP contribution in [-0.4, -0.2) is 31.7 Å². The number of halogens is 1. The minimum atomic E-state index is 0.